The Labute approximate surface area is 146 Å². The maximum absolute atomic E-state index is 12.3. The number of amides is 2. The molecule has 130 valence electrons. The van der Waals surface area contributed by atoms with Crippen LogP contribution in [-0.2, 0) is 0 Å². The van der Waals surface area contributed by atoms with Crippen molar-refractivity contribution in [3.05, 3.63) is 53.0 Å². The van der Waals surface area contributed by atoms with Gasteiger partial charge < -0.3 is 16.0 Å². The molecule has 25 heavy (non-hydrogen) atoms. The molecular weight excluding hydrogens is 318 g/mol. The third kappa shape index (κ3) is 3.60. The second kappa shape index (κ2) is 6.88. The molecule has 1 aliphatic rings. The van der Waals surface area contributed by atoms with Gasteiger partial charge in [0.15, 0.2) is 0 Å². The molecule has 1 fully saturated rings. The van der Waals surface area contributed by atoms with E-state index in [1.54, 1.807) is 12.1 Å². The number of nitrogens with one attached hydrogen (secondary N) is 1. The quantitative estimate of drug-likeness (QED) is 0.871. The number of hydrogen-bond acceptors (Lipinski definition) is 5. The van der Waals surface area contributed by atoms with Crippen molar-refractivity contribution in [2.24, 2.45) is 5.73 Å². The van der Waals surface area contributed by atoms with Gasteiger partial charge in [0.1, 0.15) is 5.82 Å². The number of benzene rings is 1. The van der Waals surface area contributed by atoms with Gasteiger partial charge in [0.25, 0.3) is 11.8 Å². The number of carbonyl (C=O) groups excluding carboxylic acids is 2. The van der Waals surface area contributed by atoms with Gasteiger partial charge in [0, 0.05) is 36.0 Å². The molecule has 1 aromatic heterocycles. The molecule has 7 heteroatoms. The number of aromatic nitrogens is 2. The fourth-order valence-electron chi connectivity index (χ4n) is 2.96. The van der Waals surface area contributed by atoms with Gasteiger partial charge in [0.2, 0.25) is 5.82 Å². The van der Waals surface area contributed by atoms with Crippen LogP contribution in [0.2, 0.25) is 0 Å². The lowest BCUT2D eigenvalue weighted by Gasteiger charge is -2.21. The van der Waals surface area contributed by atoms with Crippen molar-refractivity contribution in [1.82, 2.24) is 15.3 Å². The zero-order chi connectivity index (χ0) is 18.0. The Morgan fingerprint density at radius 2 is 1.92 bits per heavy atom. The largest absolute Gasteiger partial charge is 0.363 e. The Morgan fingerprint density at radius 1 is 1.20 bits per heavy atom. The fraction of sp³-hybridized carbons (Fsp3) is 0.333. The molecule has 1 aromatic carbocycles. The molecule has 0 saturated carbocycles. The summed E-state index contributed by atoms with van der Waals surface area (Å²) in [6, 6.07) is 9.17. The first kappa shape index (κ1) is 16.9. The van der Waals surface area contributed by atoms with E-state index in [9.17, 15) is 9.59 Å². The standard InChI is InChI=1S/C18H21N5O2/c1-11-12(2)20-16(15(19)24)22-17(11)23-9-8-14(10-23)21-18(25)13-6-4-3-5-7-13/h3-7,14H,8-10H2,1-2H3,(H2,19,24)(H,21,25)/t14-/m1/s1. The number of rotatable bonds is 4. The van der Waals surface area contributed by atoms with Gasteiger partial charge in [-0.1, -0.05) is 18.2 Å². The van der Waals surface area contributed by atoms with Crippen molar-refractivity contribution >= 4 is 17.6 Å². The van der Waals surface area contributed by atoms with E-state index in [-0.39, 0.29) is 17.8 Å². The van der Waals surface area contributed by atoms with Crippen molar-refractivity contribution in [3.8, 4) is 0 Å². The Hall–Kier alpha value is -2.96. The summed E-state index contributed by atoms with van der Waals surface area (Å²) < 4.78 is 0. The molecule has 1 saturated heterocycles. The van der Waals surface area contributed by atoms with Crippen molar-refractivity contribution in [2.75, 3.05) is 18.0 Å². The minimum Gasteiger partial charge on any atom is -0.363 e. The minimum absolute atomic E-state index is 0.0230. The summed E-state index contributed by atoms with van der Waals surface area (Å²) >= 11 is 0. The summed E-state index contributed by atoms with van der Waals surface area (Å²) in [6.07, 6.45) is 0.812. The molecule has 1 aliphatic heterocycles. The van der Waals surface area contributed by atoms with E-state index in [2.05, 4.69) is 20.2 Å². The topological polar surface area (TPSA) is 101 Å². The molecule has 0 spiro atoms. The monoisotopic (exact) mass is 339 g/mol. The van der Waals surface area contributed by atoms with Crippen molar-refractivity contribution < 1.29 is 9.59 Å². The van der Waals surface area contributed by atoms with E-state index in [4.69, 9.17) is 5.73 Å². The van der Waals surface area contributed by atoms with Crippen LogP contribution in [0.5, 0.6) is 0 Å². The first-order valence-electron chi connectivity index (χ1n) is 8.21. The lowest BCUT2D eigenvalue weighted by molar-refractivity contribution is 0.0939. The van der Waals surface area contributed by atoms with Gasteiger partial charge in [-0.25, -0.2) is 9.97 Å². The van der Waals surface area contributed by atoms with Gasteiger partial charge in [-0.3, -0.25) is 9.59 Å². The third-order valence-corrected chi connectivity index (χ3v) is 4.44. The van der Waals surface area contributed by atoms with Gasteiger partial charge in [-0.05, 0) is 32.4 Å². The number of hydrogen-bond donors (Lipinski definition) is 2. The second-order valence-electron chi connectivity index (χ2n) is 6.22. The highest BCUT2D eigenvalue weighted by Gasteiger charge is 2.27. The van der Waals surface area contributed by atoms with E-state index < -0.39 is 5.91 Å². The molecule has 7 nitrogen and oxygen atoms in total. The molecule has 2 amide bonds. The van der Waals surface area contributed by atoms with Crippen molar-refractivity contribution in [2.45, 2.75) is 26.3 Å². The number of anilines is 1. The Kier molecular flexibility index (Phi) is 4.65. The summed E-state index contributed by atoms with van der Waals surface area (Å²) in [4.78, 5) is 34.2. The Bertz CT molecular complexity index is 807. The highest BCUT2D eigenvalue weighted by Crippen LogP contribution is 2.24. The molecule has 1 atom stereocenters. The average Bonchev–Trinajstić information content (AvgIpc) is 3.06. The van der Waals surface area contributed by atoms with Gasteiger partial charge >= 0.3 is 0 Å². The van der Waals surface area contributed by atoms with Gasteiger partial charge in [0.05, 0.1) is 0 Å². The molecule has 0 aliphatic carbocycles. The highest BCUT2D eigenvalue weighted by molar-refractivity contribution is 5.94. The Balaban J connectivity index is 1.73. The van der Waals surface area contributed by atoms with Crippen LogP contribution in [0.25, 0.3) is 0 Å². The fourth-order valence-corrected chi connectivity index (χ4v) is 2.96. The minimum atomic E-state index is -0.641. The van der Waals surface area contributed by atoms with Crippen LogP contribution < -0.4 is 16.0 Å². The van der Waals surface area contributed by atoms with E-state index in [1.807, 2.05) is 32.0 Å². The SMILES string of the molecule is Cc1nc(C(N)=O)nc(N2CC[C@@H](NC(=O)c3ccccc3)C2)c1C. The number of primary amides is 1. The zero-order valence-electron chi connectivity index (χ0n) is 14.3. The van der Waals surface area contributed by atoms with Crippen LogP contribution in [0.1, 0.15) is 38.7 Å². The molecule has 2 aromatic rings. The number of nitrogens with two attached hydrogens (primary N) is 1. The predicted octanol–water partition coefficient (Wildman–Crippen LogP) is 1.20. The summed E-state index contributed by atoms with van der Waals surface area (Å²) in [5.74, 6) is 0.00553. The molecule has 3 N–H and O–H groups in total. The average molecular weight is 339 g/mol. The normalized spacial score (nSPS) is 16.7. The van der Waals surface area contributed by atoms with Crippen LogP contribution in [0, 0.1) is 13.8 Å². The van der Waals surface area contributed by atoms with Gasteiger partial charge in [-0.15, -0.1) is 0 Å². The zero-order valence-corrected chi connectivity index (χ0v) is 14.3. The third-order valence-electron chi connectivity index (χ3n) is 4.44. The smallest absolute Gasteiger partial charge is 0.286 e. The lowest BCUT2D eigenvalue weighted by Crippen LogP contribution is -2.37. The first-order chi connectivity index (χ1) is 12.0. The van der Waals surface area contributed by atoms with Crippen LogP contribution in [0.15, 0.2) is 30.3 Å². The number of nitrogens with zero attached hydrogens (tertiary/aromatic N) is 3. The molecule has 0 radical (unpaired) electrons. The number of aryl methyl sites for hydroxylation is 1. The molecular formula is C18H21N5O2. The second-order valence-corrected chi connectivity index (χ2v) is 6.22. The summed E-state index contributed by atoms with van der Waals surface area (Å²) in [6.45, 7) is 5.13. The molecule has 0 unspecified atom stereocenters. The maximum atomic E-state index is 12.3. The summed E-state index contributed by atoms with van der Waals surface area (Å²) in [7, 11) is 0. The van der Waals surface area contributed by atoms with E-state index in [1.165, 1.54) is 0 Å². The maximum Gasteiger partial charge on any atom is 0.286 e. The molecule has 2 heterocycles. The summed E-state index contributed by atoms with van der Waals surface area (Å²) in [5.41, 5.74) is 7.61. The number of carbonyl (C=O) groups is 2. The van der Waals surface area contributed by atoms with E-state index in [0.717, 1.165) is 24.2 Å². The lowest BCUT2D eigenvalue weighted by atomic mass is 10.2. The van der Waals surface area contributed by atoms with Crippen molar-refractivity contribution in [3.63, 3.8) is 0 Å². The Morgan fingerprint density at radius 3 is 2.60 bits per heavy atom. The molecule has 0 bridgehead atoms. The summed E-state index contributed by atoms with van der Waals surface area (Å²) in [5, 5.41) is 3.05. The van der Waals surface area contributed by atoms with Crippen LogP contribution in [0.4, 0.5) is 5.82 Å². The van der Waals surface area contributed by atoms with E-state index in [0.29, 0.717) is 17.9 Å². The predicted molar refractivity (Wildman–Crippen MR) is 94.6 cm³/mol. The van der Waals surface area contributed by atoms with Crippen molar-refractivity contribution in [1.29, 1.82) is 0 Å². The van der Waals surface area contributed by atoms with Crippen LogP contribution in [0.3, 0.4) is 0 Å². The first-order valence-corrected chi connectivity index (χ1v) is 8.21. The van der Waals surface area contributed by atoms with E-state index >= 15 is 0 Å². The van der Waals surface area contributed by atoms with Gasteiger partial charge in [-0.2, -0.15) is 0 Å². The highest BCUT2D eigenvalue weighted by atomic mass is 16.2. The molecule has 3 rings (SSSR count). The van der Waals surface area contributed by atoms with Crippen LogP contribution in [-0.4, -0.2) is 40.9 Å². The van der Waals surface area contributed by atoms with Crippen LogP contribution >= 0.6 is 0 Å².